The molecule has 0 saturated heterocycles. The molecule has 0 fully saturated rings. The van der Waals surface area contributed by atoms with Crippen LogP contribution in [0.15, 0.2) is 53.7 Å². The molecule has 27 heavy (non-hydrogen) atoms. The van der Waals surface area contributed by atoms with E-state index in [-0.39, 0.29) is 23.5 Å². The van der Waals surface area contributed by atoms with Crippen molar-refractivity contribution < 1.29 is 9.18 Å². The van der Waals surface area contributed by atoms with Crippen LogP contribution in [0.4, 0.5) is 4.39 Å². The molecule has 0 spiro atoms. The Balaban J connectivity index is 1.59. The molecule has 0 unspecified atom stereocenters. The van der Waals surface area contributed by atoms with Crippen LogP contribution in [0.1, 0.15) is 18.5 Å². The summed E-state index contributed by atoms with van der Waals surface area (Å²) in [5.74, 6) is 0.478. The average molecular weight is 405 g/mol. The van der Waals surface area contributed by atoms with E-state index in [0.717, 1.165) is 11.1 Å². The first-order valence-electron chi connectivity index (χ1n) is 8.27. The van der Waals surface area contributed by atoms with Gasteiger partial charge in [0.2, 0.25) is 5.91 Å². The van der Waals surface area contributed by atoms with Crippen LogP contribution in [0.5, 0.6) is 0 Å². The summed E-state index contributed by atoms with van der Waals surface area (Å²) < 4.78 is 14.8. The Hall–Kier alpha value is -2.38. The molecule has 0 aliphatic heterocycles. The summed E-state index contributed by atoms with van der Waals surface area (Å²) in [4.78, 5) is 12.2. The zero-order valence-corrected chi connectivity index (χ0v) is 16.4. The van der Waals surface area contributed by atoms with E-state index in [1.54, 1.807) is 24.3 Å². The molecule has 0 aliphatic rings. The molecule has 1 amide bonds. The van der Waals surface area contributed by atoms with E-state index in [4.69, 9.17) is 11.6 Å². The van der Waals surface area contributed by atoms with Gasteiger partial charge in [-0.25, -0.2) is 4.39 Å². The topological polar surface area (TPSA) is 59.8 Å². The van der Waals surface area contributed by atoms with Crippen LogP contribution in [-0.4, -0.2) is 26.4 Å². The van der Waals surface area contributed by atoms with E-state index >= 15 is 0 Å². The third-order valence-electron chi connectivity index (χ3n) is 4.02. The Labute approximate surface area is 166 Å². The normalized spacial score (nSPS) is 12.0. The van der Waals surface area contributed by atoms with Crippen LogP contribution in [0.2, 0.25) is 5.02 Å². The van der Waals surface area contributed by atoms with Gasteiger partial charge in [-0.3, -0.25) is 4.79 Å². The fraction of sp³-hybridized carbons (Fsp3) is 0.211. The number of aromatic nitrogens is 3. The molecule has 140 valence electrons. The number of nitrogens with one attached hydrogen (secondary N) is 1. The predicted molar refractivity (Wildman–Crippen MR) is 105 cm³/mol. The van der Waals surface area contributed by atoms with Gasteiger partial charge in [0.25, 0.3) is 0 Å². The van der Waals surface area contributed by atoms with Crippen molar-refractivity contribution in [1.29, 1.82) is 0 Å². The van der Waals surface area contributed by atoms with Gasteiger partial charge >= 0.3 is 0 Å². The third-order valence-corrected chi connectivity index (χ3v) is 5.29. The molecule has 0 radical (unpaired) electrons. The second-order valence-electron chi connectivity index (χ2n) is 6.00. The summed E-state index contributed by atoms with van der Waals surface area (Å²) >= 11 is 7.22. The van der Waals surface area contributed by atoms with Crippen LogP contribution in [0.25, 0.3) is 11.4 Å². The average Bonchev–Trinajstić information content (AvgIpc) is 3.02. The van der Waals surface area contributed by atoms with Gasteiger partial charge < -0.3 is 9.88 Å². The van der Waals surface area contributed by atoms with Crippen molar-refractivity contribution in [3.8, 4) is 11.4 Å². The third kappa shape index (κ3) is 4.87. The Kier molecular flexibility index (Phi) is 6.13. The van der Waals surface area contributed by atoms with Gasteiger partial charge in [-0.2, -0.15) is 0 Å². The largest absolute Gasteiger partial charge is 0.349 e. The minimum atomic E-state index is -0.299. The van der Waals surface area contributed by atoms with Gasteiger partial charge in [0.15, 0.2) is 11.0 Å². The lowest BCUT2D eigenvalue weighted by Crippen LogP contribution is -2.28. The Bertz CT molecular complexity index is 928. The number of rotatable bonds is 6. The highest BCUT2D eigenvalue weighted by molar-refractivity contribution is 7.99. The van der Waals surface area contributed by atoms with Crippen molar-refractivity contribution in [2.45, 2.75) is 18.1 Å². The highest BCUT2D eigenvalue weighted by atomic mass is 35.5. The molecular formula is C19H18ClFN4OS. The maximum atomic E-state index is 13.0. The number of hydrogen-bond acceptors (Lipinski definition) is 4. The molecule has 8 heteroatoms. The van der Waals surface area contributed by atoms with E-state index in [9.17, 15) is 9.18 Å². The number of thioether (sulfide) groups is 1. The number of halogens is 2. The summed E-state index contributed by atoms with van der Waals surface area (Å²) in [6.07, 6.45) is 0. The summed E-state index contributed by atoms with van der Waals surface area (Å²) in [6.45, 7) is 1.86. The fourth-order valence-electron chi connectivity index (χ4n) is 2.54. The van der Waals surface area contributed by atoms with Crippen molar-refractivity contribution in [2.75, 3.05) is 5.75 Å². The fourth-order valence-corrected chi connectivity index (χ4v) is 3.39. The number of carbonyl (C=O) groups excluding carboxylic acids is 1. The standard InChI is InChI=1S/C19H18ClFN4OS/c1-12(13-5-9-16(21)10-6-13)22-17(26)11-27-19-24-23-18(25(19)2)14-3-7-15(20)8-4-14/h3-10,12H,11H2,1-2H3,(H,22,26)/t12-/m0/s1. The monoisotopic (exact) mass is 404 g/mol. The lowest BCUT2D eigenvalue weighted by Gasteiger charge is -2.14. The highest BCUT2D eigenvalue weighted by Crippen LogP contribution is 2.24. The van der Waals surface area contributed by atoms with Gasteiger partial charge in [-0.15, -0.1) is 10.2 Å². The van der Waals surface area contributed by atoms with E-state index < -0.39 is 0 Å². The van der Waals surface area contributed by atoms with Crippen molar-refractivity contribution in [2.24, 2.45) is 7.05 Å². The molecule has 3 aromatic rings. The first kappa shape index (κ1) is 19.4. The first-order chi connectivity index (χ1) is 12.9. The Morgan fingerprint density at radius 3 is 2.52 bits per heavy atom. The van der Waals surface area contributed by atoms with Crippen LogP contribution in [0, 0.1) is 5.82 Å². The minimum absolute atomic E-state index is 0.132. The number of hydrogen-bond donors (Lipinski definition) is 1. The van der Waals surface area contributed by atoms with Crippen molar-refractivity contribution in [3.63, 3.8) is 0 Å². The second kappa shape index (κ2) is 8.54. The summed E-state index contributed by atoms with van der Waals surface area (Å²) in [6, 6.07) is 13.2. The van der Waals surface area contributed by atoms with Crippen LogP contribution in [-0.2, 0) is 11.8 Å². The lowest BCUT2D eigenvalue weighted by atomic mass is 10.1. The minimum Gasteiger partial charge on any atom is -0.349 e. The number of nitrogens with zero attached hydrogens (tertiary/aromatic N) is 3. The van der Waals surface area contributed by atoms with Crippen molar-refractivity contribution in [3.05, 3.63) is 64.9 Å². The van der Waals surface area contributed by atoms with Crippen molar-refractivity contribution in [1.82, 2.24) is 20.1 Å². The first-order valence-corrected chi connectivity index (χ1v) is 9.63. The molecule has 2 aromatic carbocycles. The summed E-state index contributed by atoms with van der Waals surface area (Å²) in [5.41, 5.74) is 1.74. The van der Waals surface area contributed by atoms with E-state index in [1.807, 2.05) is 30.7 Å². The SMILES string of the molecule is C[C@H](NC(=O)CSc1nnc(-c2ccc(Cl)cc2)n1C)c1ccc(F)cc1. The van der Waals surface area contributed by atoms with Crippen molar-refractivity contribution >= 4 is 29.3 Å². The molecule has 1 atom stereocenters. The highest BCUT2D eigenvalue weighted by Gasteiger charge is 2.14. The molecule has 0 aliphatic carbocycles. The van der Waals surface area contributed by atoms with Gasteiger partial charge in [0.1, 0.15) is 5.82 Å². The molecule has 0 bridgehead atoms. The Morgan fingerprint density at radius 1 is 1.19 bits per heavy atom. The molecule has 1 aromatic heterocycles. The van der Waals surface area contributed by atoms with Gasteiger partial charge in [-0.1, -0.05) is 35.5 Å². The maximum absolute atomic E-state index is 13.0. The zero-order valence-electron chi connectivity index (χ0n) is 14.8. The van der Waals surface area contributed by atoms with Crippen LogP contribution < -0.4 is 5.32 Å². The number of amides is 1. The molecule has 0 saturated carbocycles. The number of benzene rings is 2. The van der Waals surface area contributed by atoms with E-state index in [0.29, 0.717) is 16.0 Å². The summed E-state index contributed by atoms with van der Waals surface area (Å²) in [7, 11) is 1.85. The molecule has 5 nitrogen and oxygen atoms in total. The maximum Gasteiger partial charge on any atom is 0.230 e. The molecule has 1 heterocycles. The second-order valence-corrected chi connectivity index (χ2v) is 7.38. The summed E-state index contributed by atoms with van der Waals surface area (Å²) in [5, 5.41) is 12.5. The van der Waals surface area contributed by atoms with Gasteiger partial charge in [-0.05, 0) is 48.9 Å². The lowest BCUT2D eigenvalue weighted by molar-refractivity contribution is -0.119. The van der Waals surface area contributed by atoms with Gasteiger partial charge in [0.05, 0.1) is 11.8 Å². The zero-order chi connectivity index (χ0) is 19.4. The smallest absolute Gasteiger partial charge is 0.230 e. The van der Waals surface area contributed by atoms with Gasteiger partial charge in [0, 0.05) is 17.6 Å². The quantitative estimate of drug-likeness (QED) is 0.624. The Morgan fingerprint density at radius 2 is 1.85 bits per heavy atom. The van der Waals surface area contributed by atoms with Crippen LogP contribution >= 0.6 is 23.4 Å². The van der Waals surface area contributed by atoms with E-state index in [1.165, 1.54) is 23.9 Å². The molecule has 3 rings (SSSR count). The molecular weight excluding hydrogens is 387 g/mol. The van der Waals surface area contributed by atoms with Crippen LogP contribution in [0.3, 0.4) is 0 Å². The molecule has 1 N–H and O–H groups in total. The van der Waals surface area contributed by atoms with E-state index in [2.05, 4.69) is 15.5 Å². The number of carbonyl (C=O) groups is 1. The predicted octanol–water partition coefficient (Wildman–Crippen LogP) is 4.24.